The second kappa shape index (κ2) is 6.89. The standard InChI is InChI=1S/C15H23NO3/c1-17-14-7-5-4-6-13(14)11-8-12(9-11)16-10-15(18-2)19-3/h4-7,11-12,15-16H,8-10H2,1-3H3. The smallest absolute Gasteiger partial charge is 0.169 e. The van der Waals surface area contributed by atoms with Crippen LogP contribution in [-0.4, -0.2) is 40.2 Å². The Morgan fingerprint density at radius 2 is 1.84 bits per heavy atom. The minimum Gasteiger partial charge on any atom is -0.496 e. The number of para-hydroxylation sites is 1. The third-order valence-corrected chi connectivity index (χ3v) is 3.82. The average Bonchev–Trinajstić information content (AvgIpc) is 2.41. The van der Waals surface area contributed by atoms with Crippen molar-refractivity contribution in [1.29, 1.82) is 0 Å². The molecule has 2 rings (SSSR count). The summed E-state index contributed by atoms with van der Waals surface area (Å²) in [6, 6.07) is 8.82. The molecule has 0 aliphatic heterocycles. The molecule has 4 nitrogen and oxygen atoms in total. The van der Waals surface area contributed by atoms with Crippen molar-refractivity contribution in [3.8, 4) is 5.75 Å². The van der Waals surface area contributed by atoms with E-state index in [2.05, 4.69) is 17.4 Å². The summed E-state index contributed by atoms with van der Waals surface area (Å²) in [5, 5.41) is 3.47. The number of benzene rings is 1. The van der Waals surface area contributed by atoms with E-state index in [0.29, 0.717) is 12.0 Å². The first-order valence-electron chi connectivity index (χ1n) is 6.70. The Kier molecular flexibility index (Phi) is 5.19. The summed E-state index contributed by atoms with van der Waals surface area (Å²) in [5.41, 5.74) is 1.32. The fraction of sp³-hybridized carbons (Fsp3) is 0.600. The second-order valence-electron chi connectivity index (χ2n) is 4.92. The Bertz CT molecular complexity index is 387. The Balaban J connectivity index is 1.79. The van der Waals surface area contributed by atoms with Crippen molar-refractivity contribution in [1.82, 2.24) is 5.32 Å². The van der Waals surface area contributed by atoms with Gasteiger partial charge in [-0.1, -0.05) is 18.2 Å². The monoisotopic (exact) mass is 265 g/mol. The number of hydrogen-bond donors (Lipinski definition) is 1. The molecule has 106 valence electrons. The van der Waals surface area contributed by atoms with E-state index < -0.39 is 0 Å². The third kappa shape index (κ3) is 3.47. The van der Waals surface area contributed by atoms with Gasteiger partial charge in [0.2, 0.25) is 0 Å². The molecule has 4 heteroatoms. The van der Waals surface area contributed by atoms with Gasteiger partial charge in [0, 0.05) is 26.8 Å². The molecule has 19 heavy (non-hydrogen) atoms. The van der Waals surface area contributed by atoms with Crippen LogP contribution in [0, 0.1) is 0 Å². The summed E-state index contributed by atoms with van der Waals surface area (Å²) in [6.45, 7) is 0.732. The number of ether oxygens (including phenoxy) is 3. The van der Waals surface area contributed by atoms with E-state index >= 15 is 0 Å². The van der Waals surface area contributed by atoms with Gasteiger partial charge in [0.1, 0.15) is 5.75 Å². The molecule has 0 bridgehead atoms. The molecule has 0 spiro atoms. The van der Waals surface area contributed by atoms with E-state index in [0.717, 1.165) is 25.1 Å². The first-order valence-corrected chi connectivity index (χ1v) is 6.70. The minimum absolute atomic E-state index is 0.162. The van der Waals surface area contributed by atoms with Crippen LogP contribution < -0.4 is 10.1 Å². The largest absolute Gasteiger partial charge is 0.496 e. The lowest BCUT2D eigenvalue weighted by atomic mass is 9.75. The fourth-order valence-electron chi connectivity index (χ4n) is 2.57. The summed E-state index contributed by atoms with van der Waals surface area (Å²) >= 11 is 0. The molecule has 1 aliphatic carbocycles. The van der Waals surface area contributed by atoms with Crippen LogP contribution in [0.4, 0.5) is 0 Å². The van der Waals surface area contributed by atoms with Crippen molar-refractivity contribution >= 4 is 0 Å². The quantitative estimate of drug-likeness (QED) is 0.767. The van der Waals surface area contributed by atoms with Crippen LogP contribution in [0.1, 0.15) is 24.3 Å². The van der Waals surface area contributed by atoms with Gasteiger partial charge in [-0.25, -0.2) is 0 Å². The topological polar surface area (TPSA) is 39.7 Å². The lowest BCUT2D eigenvalue weighted by Gasteiger charge is -2.37. The number of hydrogen-bond acceptors (Lipinski definition) is 4. The molecule has 1 N–H and O–H groups in total. The number of methoxy groups -OCH3 is 3. The van der Waals surface area contributed by atoms with Gasteiger partial charge >= 0.3 is 0 Å². The highest BCUT2D eigenvalue weighted by atomic mass is 16.7. The molecule has 1 saturated carbocycles. The summed E-state index contributed by atoms with van der Waals surface area (Å²) in [5.74, 6) is 1.59. The van der Waals surface area contributed by atoms with Gasteiger partial charge in [-0.2, -0.15) is 0 Å². The summed E-state index contributed by atoms with van der Waals surface area (Å²) in [4.78, 5) is 0. The van der Waals surface area contributed by atoms with Gasteiger partial charge in [0.25, 0.3) is 0 Å². The van der Waals surface area contributed by atoms with Crippen molar-refractivity contribution in [2.24, 2.45) is 0 Å². The predicted octanol–water partition coefficient (Wildman–Crippen LogP) is 2.15. The summed E-state index contributed by atoms with van der Waals surface area (Å²) < 4.78 is 15.7. The van der Waals surface area contributed by atoms with Crippen molar-refractivity contribution in [3.05, 3.63) is 29.8 Å². The predicted molar refractivity (Wildman–Crippen MR) is 74.6 cm³/mol. The van der Waals surface area contributed by atoms with Crippen LogP contribution in [0.5, 0.6) is 5.75 Å². The van der Waals surface area contributed by atoms with Crippen LogP contribution in [0.3, 0.4) is 0 Å². The van der Waals surface area contributed by atoms with Crippen LogP contribution in [0.25, 0.3) is 0 Å². The summed E-state index contributed by atoms with van der Waals surface area (Å²) in [6.07, 6.45) is 2.12. The second-order valence-corrected chi connectivity index (χ2v) is 4.92. The van der Waals surface area contributed by atoms with Gasteiger partial charge in [-0.3, -0.25) is 0 Å². The number of nitrogens with one attached hydrogen (secondary N) is 1. The lowest BCUT2D eigenvalue weighted by Crippen LogP contribution is -2.44. The van der Waals surface area contributed by atoms with Crippen LogP contribution in [-0.2, 0) is 9.47 Å². The molecule has 1 fully saturated rings. The minimum atomic E-state index is -0.162. The molecular formula is C15H23NO3. The van der Waals surface area contributed by atoms with Gasteiger partial charge in [-0.15, -0.1) is 0 Å². The average molecular weight is 265 g/mol. The molecule has 1 aromatic carbocycles. The molecule has 1 aromatic rings. The summed E-state index contributed by atoms with van der Waals surface area (Å²) in [7, 11) is 5.05. The Morgan fingerprint density at radius 1 is 1.16 bits per heavy atom. The van der Waals surface area contributed by atoms with E-state index in [1.807, 2.05) is 12.1 Å². The van der Waals surface area contributed by atoms with E-state index in [1.165, 1.54) is 5.56 Å². The van der Waals surface area contributed by atoms with E-state index in [9.17, 15) is 0 Å². The lowest BCUT2D eigenvalue weighted by molar-refractivity contribution is -0.101. The van der Waals surface area contributed by atoms with E-state index in [1.54, 1.807) is 21.3 Å². The van der Waals surface area contributed by atoms with Crippen molar-refractivity contribution in [2.45, 2.75) is 31.1 Å². The molecule has 0 unspecified atom stereocenters. The van der Waals surface area contributed by atoms with E-state index in [4.69, 9.17) is 14.2 Å². The van der Waals surface area contributed by atoms with Crippen LogP contribution in [0.15, 0.2) is 24.3 Å². The highest BCUT2D eigenvalue weighted by Crippen LogP contribution is 2.40. The zero-order valence-electron chi connectivity index (χ0n) is 11.9. The van der Waals surface area contributed by atoms with Crippen molar-refractivity contribution in [3.63, 3.8) is 0 Å². The van der Waals surface area contributed by atoms with Gasteiger partial charge in [-0.05, 0) is 30.4 Å². The van der Waals surface area contributed by atoms with Gasteiger partial charge < -0.3 is 19.5 Å². The molecule has 0 saturated heterocycles. The molecule has 0 amide bonds. The van der Waals surface area contributed by atoms with E-state index in [-0.39, 0.29) is 6.29 Å². The number of rotatable bonds is 7. The van der Waals surface area contributed by atoms with Gasteiger partial charge in [0.15, 0.2) is 6.29 Å². The molecule has 0 radical (unpaired) electrons. The maximum Gasteiger partial charge on any atom is 0.169 e. The molecular weight excluding hydrogens is 242 g/mol. The Labute approximate surface area is 115 Å². The zero-order valence-corrected chi connectivity index (χ0v) is 11.9. The molecule has 0 aromatic heterocycles. The first-order chi connectivity index (χ1) is 9.28. The normalized spacial score (nSPS) is 22.3. The highest BCUT2D eigenvalue weighted by Gasteiger charge is 2.31. The molecule has 0 heterocycles. The molecule has 0 atom stereocenters. The Hall–Kier alpha value is -1.10. The van der Waals surface area contributed by atoms with Crippen LogP contribution >= 0.6 is 0 Å². The highest BCUT2D eigenvalue weighted by molar-refractivity contribution is 5.37. The van der Waals surface area contributed by atoms with Crippen molar-refractivity contribution in [2.75, 3.05) is 27.9 Å². The fourth-order valence-corrected chi connectivity index (χ4v) is 2.57. The third-order valence-electron chi connectivity index (χ3n) is 3.82. The maximum absolute atomic E-state index is 5.41. The SMILES string of the molecule is COc1ccccc1C1CC(NCC(OC)OC)C1. The maximum atomic E-state index is 5.41. The zero-order chi connectivity index (χ0) is 13.7. The first kappa shape index (κ1) is 14.3. The van der Waals surface area contributed by atoms with Crippen molar-refractivity contribution < 1.29 is 14.2 Å². The molecule has 1 aliphatic rings. The Morgan fingerprint density at radius 3 is 2.47 bits per heavy atom. The van der Waals surface area contributed by atoms with Gasteiger partial charge in [0.05, 0.1) is 7.11 Å². The van der Waals surface area contributed by atoms with Crippen LogP contribution in [0.2, 0.25) is 0 Å².